The van der Waals surface area contributed by atoms with E-state index in [0.29, 0.717) is 18.0 Å². The number of methoxy groups -OCH3 is 1. The molecule has 0 saturated heterocycles. The van der Waals surface area contributed by atoms with E-state index in [-0.39, 0.29) is 17.3 Å². The van der Waals surface area contributed by atoms with Crippen molar-refractivity contribution in [1.82, 2.24) is 10.2 Å². The van der Waals surface area contributed by atoms with Crippen molar-refractivity contribution in [2.45, 2.75) is 38.3 Å². The van der Waals surface area contributed by atoms with Gasteiger partial charge in [0.05, 0.1) is 17.7 Å². The maximum atomic E-state index is 13.8. The Bertz CT molecular complexity index is 1310. The van der Waals surface area contributed by atoms with Crippen LogP contribution in [0, 0.1) is 6.92 Å². The first-order valence-electron chi connectivity index (χ1n) is 12.0. The van der Waals surface area contributed by atoms with Crippen molar-refractivity contribution in [3.63, 3.8) is 0 Å². The topological polar surface area (TPSA) is 96.0 Å². The SMILES string of the molecule is CCNC(=O)[C@H](C)N(Cc1cccc(OC)c1)C(=O)CN(c1ccc(C)cc1)S(=O)(=O)c1ccccc1. The molecular weight excluding hydrogens is 490 g/mol. The fraction of sp³-hybridized carbons (Fsp3) is 0.286. The second-order valence-corrected chi connectivity index (χ2v) is 10.5. The smallest absolute Gasteiger partial charge is 0.264 e. The molecule has 0 aliphatic heterocycles. The molecule has 1 atom stereocenters. The zero-order valence-electron chi connectivity index (χ0n) is 21.5. The van der Waals surface area contributed by atoms with E-state index in [2.05, 4.69) is 5.32 Å². The van der Waals surface area contributed by atoms with Crippen LogP contribution in [-0.4, -0.2) is 51.4 Å². The number of nitrogens with zero attached hydrogens (tertiary/aromatic N) is 2. The molecule has 3 aromatic rings. The predicted octanol–water partition coefficient (Wildman–Crippen LogP) is 3.75. The molecule has 0 radical (unpaired) electrons. The Balaban J connectivity index is 2.01. The molecule has 37 heavy (non-hydrogen) atoms. The highest BCUT2D eigenvalue weighted by molar-refractivity contribution is 7.92. The van der Waals surface area contributed by atoms with Gasteiger partial charge in [0.2, 0.25) is 11.8 Å². The Morgan fingerprint density at radius 1 is 0.973 bits per heavy atom. The normalized spacial score (nSPS) is 11.9. The molecule has 8 nitrogen and oxygen atoms in total. The van der Waals surface area contributed by atoms with Crippen LogP contribution in [0.15, 0.2) is 83.8 Å². The number of anilines is 1. The van der Waals surface area contributed by atoms with E-state index in [9.17, 15) is 18.0 Å². The number of benzene rings is 3. The summed E-state index contributed by atoms with van der Waals surface area (Å²) in [6, 6.07) is 21.3. The summed E-state index contributed by atoms with van der Waals surface area (Å²) in [5.74, 6) is -0.225. The number of carbonyl (C=O) groups is 2. The van der Waals surface area contributed by atoms with E-state index in [1.165, 1.54) is 17.0 Å². The minimum Gasteiger partial charge on any atom is -0.497 e. The van der Waals surface area contributed by atoms with Crippen molar-refractivity contribution < 1.29 is 22.7 Å². The molecule has 196 valence electrons. The number of carbonyl (C=O) groups excluding carboxylic acids is 2. The summed E-state index contributed by atoms with van der Waals surface area (Å²) in [4.78, 5) is 28.0. The zero-order valence-corrected chi connectivity index (χ0v) is 22.4. The lowest BCUT2D eigenvalue weighted by Crippen LogP contribution is -2.51. The van der Waals surface area contributed by atoms with Gasteiger partial charge in [0, 0.05) is 13.1 Å². The average molecular weight is 524 g/mol. The lowest BCUT2D eigenvalue weighted by Gasteiger charge is -2.32. The van der Waals surface area contributed by atoms with Crippen LogP contribution in [0.5, 0.6) is 5.75 Å². The number of amides is 2. The van der Waals surface area contributed by atoms with Crippen molar-refractivity contribution in [1.29, 1.82) is 0 Å². The fourth-order valence-electron chi connectivity index (χ4n) is 3.83. The molecule has 3 rings (SSSR count). The molecule has 9 heteroatoms. The number of nitrogens with one attached hydrogen (secondary N) is 1. The van der Waals surface area contributed by atoms with Crippen LogP contribution in [0.25, 0.3) is 0 Å². The maximum Gasteiger partial charge on any atom is 0.264 e. The second-order valence-electron chi connectivity index (χ2n) is 8.60. The first-order valence-corrected chi connectivity index (χ1v) is 13.5. The quantitative estimate of drug-likeness (QED) is 0.413. The summed E-state index contributed by atoms with van der Waals surface area (Å²) in [5.41, 5.74) is 2.06. The minimum absolute atomic E-state index is 0.0690. The number of likely N-dealkylation sites (N-methyl/N-ethyl adjacent to an activating group) is 1. The van der Waals surface area contributed by atoms with E-state index in [1.807, 2.05) is 13.0 Å². The number of hydrogen-bond donors (Lipinski definition) is 1. The number of rotatable bonds is 11. The van der Waals surface area contributed by atoms with E-state index in [0.717, 1.165) is 15.4 Å². The Morgan fingerprint density at radius 3 is 2.27 bits per heavy atom. The third-order valence-electron chi connectivity index (χ3n) is 5.94. The van der Waals surface area contributed by atoms with Crippen molar-refractivity contribution in [2.24, 2.45) is 0 Å². The van der Waals surface area contributed by atoms with E-state index in [4.69, 9.17) is 4.74 Å². The molecule has 0 aliphatic rings. The fourth-order valence-corrected chi connectivity index (χ4v) is 5.27. The number of sulfonamides is 1. The highest BCUT2D eigenvalue weighted by Crippen LogP contribution is 2.25. The molecule has 1 N–H and O–H groups in total. The highest BCUT2D eigenvalue weighted by Gasteiger charge is 2.32. The largest absolute Gasteiger partial charge is 0.497 e. The van der Waals surface area contributed by atoms with Gasteiger partial charge in [-0.15, -0.1) is 0 Å². The number of aryl methyl sites for hydroxylation is 1. The summed E-state index contributed by atoms with van der Waals surface area (Å²) >= 11 is 0. The van der Waals surface area contributed by atoms with Crippen molar-refractivity contribution in [3.8, 4) is 5.75 Å². The second kappa shape index (κ2) is 12.4. The van der Waals surface area contributed by atoms with Gasteiger partial charge in [-0.3, -0.25) is 13.9 Å². The van der Waals surface area contributed by atoms with E-state index in [1.54, 1.807) is 81.6 Å². The van der Waals surface area contributed by atoms with Crippen LogP contribution in [0.1, 0.15) is 25.0 Å². The minimum atomic E-state index is -4.07. The Hall–Kier alpha value is -3.85. The number of ether oxygens (including phenoxy) is 1. The molecule has 0 bridgehead atoms. The summed E-state index contributed by atoms with van der Waals surface area (Å²) in [5, 5.41) is 2.75. The first kappa shape index (κ1) is 27.7. The van der Waals surface area contributed by atoms with Gasteiger partial charge in [-0.2, -0.15) is 0 Å². The van der Waals surface area contributed by atoms with Crippen LogP contribution in [0.2, 0.25) is 0 Å². The monoisotopic (exact) mass is 523 g/mol. The van der Waals surface area contributed by atoms with Crippen LogP contribution < -0.4 is 14.4 Å². The Labute approximate surface area is 218 Å². The lowest BCUT2D eigenvalue weighted by atomic mass is 10.1. The molecule has 0 heterocycles. The van der Waals surface area contributed by atoms with Crippen LogP contribution in [0.4, 0.5) is 5.69 Å². The molecule has 0 unspecified atom stereocenters. The summed E-state index contributed by atoms with van der Waals surface area (Å²) in [6.07, 6.45) is 0. The average Bonchev–Trinajstić information content (AvgIpc) is 2.91. The maximum absolute atomic E-state index is 13.8. The molecule has 0 aromatic heterocycles. The van der Waals surface area contributed by atoms with Crippen LogP contribution in [0.3, 0.4) is 0 Å². The van der Waals surface area contributed by atoms with Crippen molar-refractivity contribution in [2.75, 3.05) is 24.5 Å². The summed E-state index contributed by atoms with van der Waals surface area (Å²) in [7, 11) is -2.52. The van der Waals surface area contributed by atoms with Gasteiger partial charge in [-0.1, -0.05) is 48.0 Å². The Morgan fingerprint density at radius 2 is 1.65 bits per heavy atom. The summed E-state index contributed by atoms with van der Waals surface area (Å²) < 4.78 is 33.8. The molecular formula is C28H33N3O5S. The van der Waals surface area contributed by atoms with Gasteiger partial charge in [0.25, 0.3) is 10.0 Å². The third-order valence-corrected chi connectivity index (χ3v) is 7.73. The summed E-state index contributed by atoms with van der Waals surface area (Å²) in [6.45, 7) is 5.35. The van der Waals surface area contributed by atoms with E-state index >= 15 is 0 Å². The molecule has 2 amide bonds. The molecule has 0 spiro atoms. The molecule has 0 aliphatic carbocycles. The van der Waals surface area contributed by atoms with E-state index < -0.39 is 28.5 Å². The van der Waals surface area contributed by atoms with Gasteiger partial charge >= 0.3 is 0 Å². The van der Waals surface area contributed by atoms with Gasteiger partial charge < -0.3 is 15.0 Å². The number of hydrogen-bond acceptors (Lipinski definition) is 5. The molecule has 0 saturated carbocycles. The standard InChI is InChI=1S/C28H33N3O5S/c1-5-29-28(33)22(3)30(19-23-10-9-11-25(18-23)36-4)27(32)20-31(24-16-14-21(2)15-17-24)37(34,35)26-12-7-6-8-13-26/h6-18,22H,5,19-20H2,1-4H3,(H,29,33)/t22-/m0/s1. The van der Waals surface area contributed by atoms with Gasteiger partial charge in [-0.25, -0.2) is 8.42 Å². The molecule has 3 aromatic carbocycles. The van der Waals surface area contributed by atoms with Crippen LogP contribution in [-0.2, 0) is 26.2 Å². The lowest BCUT2D eigenvalue weighted by molar-refractivity contribution is -0.139. The first-order chi connectivity index (χ1) is 17.7. The van der Waals surface area contributed by atoms with Gasteiger partial charge in [0.15, 0.2) is 0 Å². The van der Waals surface area contributed by atoms with Crippen LogP contribution >= 0.6 is 0 Å². The van der Waals surface area contributed by atoms with Crippen molar-refractivity contribution >= 4 is 27.5 Å². The third kappa shape index (κ3) is 6.89. The highest BCUT2D eigenvalue weighted by atomic mass is 32.2. The zero-order chi connectivity index (χ0) is 27.0. The van der Waals surface area contributed by atoms with Gasteiger partial charge in [-0.05, 0) is 62.7 Å². The predicted molar refractivity (Wildman–Crippen MR) is 144 cm³/mol. The molecule has 0 fully saturated rings. The van der Waals surface area contributed by atoms with Crippen molar-refractivity contribution in [3.05, 3.63) is 90.0 Å². The van der Waals surface area contributed by atoms with Gasteiger partial charge in [0.1, 0.15) is 18.3 Å². The Kier molecular flexibility index (Phi) is 9.30.